The van der Waals surface area contributed by atoms with Gasteiger partial charge < -0.3 is 19.3 Å². The molecular formula is C27H27NO6S. The number of aryl methyl sites for hydroxylation is 4. The zero-order valence-corrected chi connectivity index (χ0v) is 20.9. The lowest BCUT2D eigenvalue weighted by Crippen LogP contribution is -2.43. The van der Waals surface area contributed by atoms with Gasteiger partial charge in [-0.1, -0.05) is 30.3 Å². The van der Waals surface area contributed by atoms with Crippen LogP contribution in [0.25, 0.3) is 21.9 Å². The maximum absolute atomic E-state index is 12.8. The molecule has 0 saturated carbocycles. The molecule has 8 heteroatoms. The van der Waals surface area contributed by atoms with E-state index in [9.17, 15) is 19.5 Å². The Morgan fingerprint density at radius 2 is 1.63 bits per heavy atom. The molecule has 0 aliphatic rings. The fourth-order valence-electron chi connectivity index (χ4n) is 4.15. The summed E-state index contributed by atoms with van der Waals surface area (Å²) in [5.41, 5.74) is 4.16. The predicted octanol–water partition coefficient (Wildman–Crippen LogP) is 4.82. The Balaban J connectivity index is 1.55. The third-order valence-corrected chi connectivity index (χ3v) is 7.42. The van der Waals surface area contributed by atoms with Crippen molar-refractivity contribution in [1.82, 2.24) is 5.32 Å². The fourth-order valence-corrected chi connectivity index (χ4v) is 5.15. The molecule has 0 aliphatic carbocycles. The fraction of sp³-hybridized carbons (Fsp3) is 0.296. The maximum atomic E-state index is 12.8. The second-order valence-electron chi connectivity index (χ2n) is 8.67. The number of fused-ring (bicyclic) bond motifs is 2. The van der Waals surface area contributed by atoms with E-state index in [0.717, 1.165) is 33.2 Å². The monoisotopic (exact) mass is 493 g/mol. The lowest BCUT2D eigenvalue weighted by atomic mass is 9.98. The summed E-state index contributed by atoms with van der Waals surface area (Å²) in [4.78, 5) is 37.3. The molecule has 182 valence electrons. The minimum Gasteiger partial charge on any atom is -0.480 e. The van der Waals surface area contributed by atoms with Gasteiger partial charge in [0.05, 0.1) is 12.0 Å². The summed E-state index contributed by atoms with van der Waals surface area (Å²) in [7, 11) is 0. The molecule has 4 rings (SSSR count). The highest BCUT2D eigenvalue weighted by molar-refractivity contribution is 7.98. The molecule has 1 amide bonds. The Labute approximate surface area is 206 Å². The Kier molecular flexibility index (Phi) is 7.03. The maximum Gasteiger partial charge on any atom is 0.340 e. The van der Waals surface area contributed by atoms with Gasteiger partial charge in [-0.25, -0.2) is 9.59 Å². The molecule has 2 heterocycles. The van der Waals surface area contributed by atoms with E-state index in [1.54, 1.807) is 6.92 Å². The summed E-state index contributed by atoms with van der Waals surface area (Å²) in [5, 5.41) is 13.8. The van der Waals surface area contributed by atoms with Crippen LogP contribution >= 0.6 is 11.8 Å². The molecule has 0 fully saturated rings. The summed E-state index contributed by atoms with van der Waals surface area (Å²) in [6.45, 7) is 7.47. The van der Waals surface area contributed by atoms with Crippen LogP contribution in [0.4, 0.5) is 0 Å². The number of nitrogens with one attached hydrogen (secondary N) is 1. The number of benzene rings is 2. The first-order valence-electron chi connectivity index (χ1n) is 11.3. The zero-order chi connectivity index (χ0) is 25.3. The van der Waals surface area contributed by atoms with Crippen molar-refractivity contribution >= 4 is 45.6 Å². The van der Waals surface area contributed by atoms with Crippen molar-refractivity contribution in [1.29, 1.82) is 0 Å². The second-order valence-corrected chi connectivity index (χ2v) is 9.70. The summed E-state index contributed by atoms with van der Waals surface area (Å²) in [6.07, 6.45) is -0.266. The SMILES string of the molecule is Cc1oc2c(C)c3oc(=O)c(CC(=O)NC(CSCc4ccccc4)C(=O)O)c(C)c3cc2c1C. The number of carbonyl (C=O) groups is 2. The molecule has 0 saturated heterocycles. The Morgan fingerprint density at radius 1 is 0.971 bits per heavy atom. The van der Waals surface area contributed by atoms with E-state index in [-0.39, 0.29) is 17.7 Å². The number of carboxylic acid groups (broad SMARTS) is 1. The van der Waals surface area contributed by atoms with Crippen molar-refractivity contribution in [2.45, 2.75) is 45.9 Å². The molecule has 4 aromatic rings. The number of hydrogen-bond donors (Lipinski definition) is 2. The molecule has 2 N–H and O–H groups in total. The first kappa shape index (κ1) is 24.6. The van der Waals surface area contributed by atoms with Gasteiger partial charge in [0.15, 0.2) is 0 Å². The van der Waals surface area contributed by atoms with Crippen LogP contribution in [0.15, 0.2) is 50.0 Å². The molecule has 1 unspecified atom stereocenters. The summed E-state index contributed by atoms with van der Waals surface area (Å²) < 4.78 is 11.5. The van der Waals surface area contributed by atoms with Crippen LogP contribution in [0, 0.1) is 27.7 Å². The lowest BCUT2D eigenvalue weighted by Gasteiger charge is -2.15. The van der Waals surface area contributed by atoms with E-state index in [2.05, 4.69) is 5.32 Å². The molecule has 2 aromatic carbocycles. The van der Waals surface area contributed by atoms with Crippen LogP contribution in [0.1, 0.15) is 33.6 Å². The van der Waals surface area contributed by atoms with Crippen LogP contribution in [0.3, 0.4) is 0 Å². The van der Waals surface area contributed by atoms with E-state index in [1.807, 2.05) is 57.2 Å². The van der Waals surface area contributed by atoms with Crippen LogP contribution in [-0.4, -0.2) is 28.8 Å². The normalized spacial score (nSPS) is 12.2. The number of aliphatic carboxylic acids is 1. The van der Waals surface area contributed by atoms with Crippen LogP contribution in [-0.2, 0) is 21.8 Å². The number of amides is 1. The second kappa shape index (κ2) is 10.00. The number of carboxylic acids is 1. The van der Waals surface area contributed by atoms with Crippen molar-refractivity contribution in [2.24, 2.45) is 0 Å². The molecule has 35 heavy (non-hydrogen) atoms. The number of rotatable bonds is 8. The predicted molar refractivity (Wildman–Crippen MR) is 137 cm³/mol. The molecule has 0 aliphatic heterocycles. The standard InChI is InChI=1S/C27H27NO6S/c1-14-17(4)33-24-16(3)25-20(10-19(14)24)15(2)21(27(32)34-25)11-23(29)28-22(26(30)31)13-35-12-18-8-6-5-7-9-18/h5-10,22H,11-13H2,1-4H3,(H,28,29)(H,30,31). The van der Waals surface area contributed by atoms with Gasteiger partial charge in [-0.3, -0.25) is 4.79 Å². The van der Waals surface area contributed by atoms with Gasteiger partial charge in [-0.15, -0.1) is 0 Å². The van der Waals surface area contributed by atoms with Crippen molar-refractivity contribution in [3.8, 4) is 0 Å². The van der Waals surface area contributed by atoms with Gasteiger partial charge in [0, 0.05) is 27.8 Å². The molecule has 1 atom stereocenters. The minimum atomic E-state index is -1.12. The van der Waals surface area contributed by atoms with Gasteiger partial charge in [-0.2, -0.15) is 11.8 Å². The van der Waals surface area contributed by atoms with Crippen molar-refractivity contribution in [3.63, 3.8) is 0 Å². The first-order valence-corrected chi connectivity index (χ1v) is 12.4. The minimum absolute atomic E-state index is 0.206. The molecule has 0 bridgehead atoms. The highest BCUT2D eigenvalue weighted by Crippen LogP contribution is 2.34. The molecule has 0 radical (unpaired) electrons. The molecule has 0 spiro atoms. The summed E-state index contributed by atoms with van der Waals surface area (Å²) in [5.74, 6) is -0.0277. The molecule has 2 aromatic heterocycles. The number of hydrogen-bond acceptors (Lipinski definition) is 6. The average Bonchev–Trinajstić information content (AvgIpc) is 3.11. The smallest absolute Gasteiger partial charge is 0.340 e. The van der Waals surface area contributed by atoms with Crippen molar-refractivity contribution < 1.29 is 23.5 Å². The average molecular weight is 494 g/mol. The highest BCUT2D eigenvalue weighted by Gasteiger charge is 2.23. The van der Waals surface area contributed by atoms with E-state index in [0.29, 0.717) is 22.5 Å². The number of thioether (sulfide) groups is 1. The van der Waals surface area contributed by atoms with Gasteiger partial charge in [0.25, 0.3) is 0 Å². The third-order valence-electron chi connectivity index (χ3n) is 6.31. The first-order chi connectivity index (χ1) is 16.7. The van der Waals surface area contributed by atoms with Crippen LogP contribution < -0.4 is 10.9 Å². The lowest BCUT2D eigenvalue weighted by molar-refractivity contribution is -0.141. The van der Waals surface area contributed by atoms with Crippen LogP contribution in [0.2, 0.25) is 0 Å². The van der Waals surface area contributed by atoms with Gasteiger partial charge in [-0.05, 0) is 50.5 Å². The van der Waals surface area contributed by atoms with E-state index in [4.69, 9.17) is 8.83 Å². The summed E-state index contributed by atoms with van der Waals surface area (Å²) in [6, 6.07) is 10.5. The van der Waals surface area contributed by atoms with Crippen LogP contribution in [0.5, 0.6) is 0 Å². The number of carbonyl (C=O) groups excluding carboxylic acids is 1. The van der Waals surface area contributed by atoms with E-state index in [1.165, 1.54) is 11.8 Å². The molecular weight excluding hydrogens is 466 g/mol. The van der Waals surface area contributed by atoms with E-state index < -0.39 is 23.5 Å². The van der Waals surface area contributed by atoms with Gasteiger partial charge in [0.1, 0.15) is 23.0 Å². The van der Waals surface area contributed by atoms with Gasteiger partial charge >= 0.3 is 11.6 Å². The van der Waals surface area contributed by atoms with E-state index >= 15 is 0 Å². The van der Waals surface area contributed by atoms with Crippen molar-refractivity contribution in [3.05, 3.63) is 80.4 Å². The summed E-state index contributed by atoms with van der Waals surface area (Å²) >= 11 is 1.42. The quantitative estimate of drug-likeness (QED) is 0.339. The number of furan rings is 1. The third kappa shape index (κ3) is 4.98. The van der Waals surface area contributed by atoms with Crippen molar-refractivity contribution in [2.75, 3.05) is 5.75 Å². The van der Waals surface area contributed by atoms with Gasteiger partial charge in [0.2, 0.25) is 5.91 Å². The largest absolute Gasteiger partial charge is 0.480 e. The Morgan fingerprint density at radius 3 is 2.31 bits per heavy atom. The zero-order valence-electron chi connectivity index (χ0n) is 20.1. The molecule has 7 nitrogen and oxygen atoms in total. The topological polar surface area (TPSA) is 110 Å². The highest BCUT2D eigenvalue weighted by atomic mass is 32.2. The Hall–Kier alpha value is -3.52. The Bertz CT molecular complexity index is 1490.